The molecular weight excluding hydrogens is 831 g/mol. The summed E-state index contributed by atoms with van der Waals surface area (Å²) in [5.74, 6) is 2.40. The molecule has 0 fully saturated rings. The first-order chi connectivity index (χ1) is 28.0. The fraction of sp³-hybridized carbons (Fsp3) is 0.152. The van der Waals surface area contributed by atoms with Gasteiger partial charge in [0, 0.05) is 12.8 Å². The Kier molecular flexibility index (Phi) is 12.4. The summed E-state index contributed by atoms with van der Waals surface area (Å²) in [4.78, 5) is 24.6. The highest BCUT2D eigenvalue weighted by Gasteiger charge is 2.18. The van der Waals surface area contributed by atoms with Gasteiger partial charge in [-0.25, -0.2) is 40.5 Å². The lowest BCUT2D eigenvalue weighted by Crippen LogP contribution is -2.12. The molecule has 8 rings (SSSR count). The summed E-state index contributed by atoms with van der Waals surface area (Å²) in [6.07, 6.45) is 6.93. The number of rotatable bonds is 11. The van der Waals surface area contributed by atoms with Crippen LogP contribution in [0.4, 0.5) is 11.9 Å². The molecule has 308 valence electrons. The van der Waals surface area contributed by atoms with Crippen molar-refractivity contribution in [3.05, 3.63) is 103 Å². The van der Waals surface area contributed by atoms with E-state index in [9.17, 15) is 25.3 Å². The van der Waals surface area contributed by atoms with Gasteiger partial charge in [0.15, 0.2) is 11.5 Å². The monoisotopic (exact) mass is 865 g/mol. The van der Waals surface area contributed by atoms with Crippen molar-refractivity contribution in [3.63, 3.8) is 0 Å². The number of benzene rings is 2. The number of anilines is 2. The third-order valence-electron chi connectivity index (χ3n) is 7.77. The molecular formula is C33H35N15O8S3. The molecule has 0 saturated heterocycles. The Hall–Kier alpha value is -6.71. The molecule has 9 N–H and O–H groups in total. The Labute approximate surface area is 335 Å². The van der Waals surface area contributed by atoms with Crippen LogP contribution < -0.4 is 27.1 Å². The molecule has 59 heavy (non-hydrogen) atoms. The third-order valence-corrected chi connectivity index (χ3v) is 10.5. The predicted octanol–water partition coefficient (Wildman–Crippen LogP) is 0.682. The Bertz CT molecular complexity index is 3010. The van der Waals surface area contributed by atoms with Crippen LogP contribution in [-0.4, -0.2) is 93.7 Å². The standard InChI is InChI=1S/C16H15N7O3S.C9H8N6O3S.C8H12N2O2S/c17-27(24,25)12-5-3-11(4-6-12)7-8-18-15-19-10-23-16(21-15)20-14(22-23)13-2-1-9-26-13;1-19(16,17)9-12-7(10)15-8(13-9)11-6(14-15)5-3-2-4-18-5;9-6-5-7-1-3-8(4-2-7)13(10,11)12/h1-6,9-10H,7-8H2,(H2,17,24,25)(H,18,20,21,22);2-4H,1H3,(H2,10,11,12,13,14);1-4H,5-6,9H2,(H2,10,11,12). The van der Waals surface area contributed by atoms with E-state index in [-0.39, 0.29) is 27.3 Å². The molecule has 26 heteroatoms. The number of nitrogen functional groups attached to an aromatic ring is 1. The van der Waals surface area contributed by atoms with Crippen LogP contribution in [0, 0.1) is 0 Å². The van der Waals surface area contributed by atoms with Gasteiger partial charge in [-0.15, -0.1) is 10.2 Å². The van der Waals surface area contributed by atoms with Gasteiger partial charge in [0.05, 0.1) is 22.3 Å². The quantitative estimate of drug-likeness (QED) is 0.119. The van der Waals surface area contributed by atoms with Crippen molar-refractivity contribution >= 4 is 53.3 Å². The van der Waals surface area contributed by atoms with Crippen LogP contribution in [0.2, 0.25) is 0 Å². The zero-order valence-corrected chi connectivity index (χ0v) is 33.2. The maximum absolute atomic E-state index is 11.4. The van der Waals surface area contributed by atoms with Crippen LogP contribution in [0.25, 0.3) is 34.7 Å². The zero-order valence-electron chi connectivity index (χ0n) is 30.8. The molecule has 6 heterocycles. The third kappa shape index (κ3) is 10.8. The molecule has 0 bridgehead atoms. The summed E-state index contributed by atoms with van der Waals surface area (Å²) in [6, 6.07) is 19.7. The summed E-state index contributed by atoms with van der Waals surface area (Å²) in [7, 11) is -10.8. The van der Waals surface area contributed by atoms with Gasteiger partial charge in [-0.3, -0.25) is 0 Å². The fourth-order valence-corrected chi connectivity index (χ4v) is 6.47. The van der Waals surface area contributed by atoms with Gasteiger partial charge in [-0.2, -0.15) is 34.0 Å². The van der Waals surface area contributed by atoms with Crippen LogP contribution in [0.1, 0.15) is 11.1 Å². The van der Waals surface area contributed by atoms with E-state index < -0.39 is 35.0 Å². The molecule has 6 aromatic heterocycles. The SMILES string of the molecule is CS(=O)(=O)c1nc(N)n2nc(-c3ccco3)nc2n1.NCCc1ccc(S(N)(=O)=O)cc1.NS(=O)(=O)c1ccc(CCNc2ncn3nc(-c4ccco4)nc3n2)cc1. The summed E-state index contributed by atoms with van der Waals surface area (Å²) in [6.45, 7) is 1.11. The molecule has 0 saturated carbocycles. The molecule has 0 spiro atoms. The van der Waals surface area contributed by atoms with Crippen molar-refractivity contribution < 1.29 is 34.1 Å². The van der Waals surface area contributed by atoms with Crippen molar-refractivity contribution in [1.29, 1.82) is 0 Å². The number of aromatic nitrogens is 10. The zero-order chi connectivity index (χ0) is 42.4. The largest absolute Gasteiger partial charge is 0.461 e. The summed E-state index contributed by atoms with van der Waals surface area (Å²) < 4.78 is 80.1. The lowest BCUT2D eigenvalue weighted by atomic mass is 10.1. The first kappa shape index (κ1) is 41.9. The minimum atomic E-state index is -3.68. The lowest BCUT2D eigenvalue weighted by molar-refractivity contribution is 0.577. The number of nitrogens with one attached hydrogen (secondary N) is 1. The van der Waals surface area contributed by atoms with E-state index in [4.69, 9.17) is 30.6 Å². The number of hydrogen-bond donors (Lipinski definition) is 5. The van der Waals surface area contributed by atoms with Crippen LogP contribution >= 0.6 is 0 Å². The van der Waals surface area contributed by atoms with Gasteiger partial charge >= 0.3 is 0 Å². The minimum absolute atomic E-state index is 0.0410. The highest BCUT2D eigenvalue weighted by atomic mass is 32.2. The number of furan rings is 2. The van der Waals surface area contributed by atoms with Gasteiger partial charge in [0.1, 0.15) is 6.33 Å². The smallest absolute Gasteiger partial charge is 0.258 e. The van der Waals surface area contributed by atoms with Crippen molar-refractivity contribution in [2.24, 2.45) is 16.0 Å². The highest BCUT2D eigenvalue weighted by Crippen LogP contribution is 2.18. The van der Waals surface area contributed by atoms with Crippen molar-refractivity contribution in [2.45, 2.75) is 27.8 Å². The molecule has 0 aliphatic heterocycles. The molecule has 0 unspecified atom stereocenters. The van der Waals surface area contributed by atoms with Gasteiger partial charge in [0.2, 0.25) is 53.4 Å². The molecule has 8 aromatic rings. The number of hydrogen-bond acceptors (Lipinski definition) is 19. The minimum Gasteiger partial charge on any atom is -0.461 e. The van der Waals surface area contributed by atoms with Gasteiger partial charge in [-0.1, -0.05) is 24.3 Å². The molecule has 0 atom stereocenters. The number of sulfonamides is 2. The molecule has 0 aliphatic carbocycles. The van der Waals surface area contributed by atoms with E-state index >= 15 is 0 Å². The van der Waals surface area contributed by atoms with Gasteiger partial charge in [-0.05, 0) is 79.0 Å². The number of fused-ring (bicyclic) bond motifs is 2. The van der Waals surface area contributed by atoms with E-state index in [0.717, 1.165) is 28.3 Å². The van der Waals surface area contributed by atoms with Crippen LogP contribution in [0.15, 0.2) is 115 Å². The average molecular weight is 866 g/mol. The van der Waals surface area contributed by atoms with Gasteiger partial charge < -0.3 is 25.6 Å². The number of primary sulfonamides is 2. The second kappa shape index (κ2) is 17.4. The van der Waals surface area contributed by atoms with Crippen LogP contribution in [-0.2, 0) is 42.7 Å². The maximum atomic E-state index is 11.4. The molecule has 0 amide bonds. The Morgan fingerprint density at radius 1 is 0.678 bits per heavy atom. The van der Waals surface area contributed by atoms with E-state index in [1.807, 2.05) is 0 Å². The molecule has 2 aromatic carbocycles. The first-order valence-corrected chi connectivity index (χ1v) is 21.9. The van der Waals surface area contributed by atoms with E-state index in [1.54, 1.807) is 54.8 Å². The fourth-order valence-electron chi connectivity index (χ4n) is 4.94. The van der Waals surface area contributed by atoms with E-state index in [1.165, 1.54) is 41.4 Å². The molecule has 23 nitrogen and oxygen atoms in total. The molecule has 0 aliphatic rings. The number of sulfone groups is 1. The molecule has 0 radical (unpaired) electrons. The van der Waals surface area contributed by atoms with Crippen LogP contribution in [0.5, 0.6) is 0 Å². The second-order valence-corrected chi connectivity index (χ2v) is 17.2. The number of nitrogens with zero attached hydrogens (tertiary/aromatic N) is 10. The summed E-state index contributed by atoms with van der Waals surface area (Å²) in [5, 5.41) is 21.0. The van der Waals surface area contributed by atoms with E-state index in [2.05, 4.69) is 45.4 Å². The topological polar surface area (TPSA) is 357 Å². The van der Waals surface area contributed by atoms with Crippen molar-refractivity contribution in [3.8, 4) is 23.2 Å². The van der Waals surface area contributed by atoms with Gasteiger partial charge in [0.25, 0.3) is 16.7 Å². The van der Waals surface area contributed by atoms with Crippen LogP contribution in [0.3, 0.4) is 0 Å². The Morgan fingerprint density at radius 2 is 1.22 bits per heavy atom. The number of nitrogens with two attached hydrogens (primary N) is 4. The van der Waals surface area contributed by atoms with Crippen molar-refractivity contribution in [2.75, 3.05) is 30.4 Å². The van der Waals surface area contributed by atoms with E-state index in [0.29, 0.717) is 48.6 Å². The normalized spacial score (nSPS) is 11.8. The summed E-state index contributed by atoms with van der Waals surface area (Å²) in [5.41, 5.74) is 12.9. The predicted molar refractivity (Wildman–Crippen MR) is 211 cm³/mol. The van der Waals surface area contributed by atoms with Crippen molar-refractivity contribution in [1.82, 2.24) is 49.1 Å². The maximum Gasteiger partial charge on any atom is 0.258 e. The Balaban J connectivity index is 0.000000160. The lowest BCUT2D eigenvalue weighted by Gasteiger charge is -2.05. The highest BCUT2D eigenvalue weighted by molar-refractivity contribution is 7.90. The Morgan fingerprint density at radius 3 is 1.73 bits per heavy atom. The second-order valence-electron chi connectivity index (χ2n) is 12.2. The first-order valence-electron chi connectivity index (χ1n) is 16.9. The average Bonchev–Trinajstić information content (AvgIpc) is 4.02. The summed E-state index contributed by atoms with van der Waals surface area (Å²) >= 11 is 0.